The van der Waals surface area contributed by atoms with Crippen LogP contribution >= 0.6 is 8.25 Å². The summed E-state index contributed by atoms with van der Waals surface area (Å²) in [5.74, 6) is 1.41. The van der Waals surface area contributed by atoms with Crippen molar-refractivity contribution >= 4 is 8.25 Å². The fourth-order valence-electron chi connectivity index (χ4n) is 5.97. The van der Waals surface area contributed by atoms with E-state index in [4.69, 9.17) is 18.5 Å². The van der Waals surface area contributed by atoms with Crippen molar-refractivity contribution in [3.05, 3.63) is 203 Å². The van der Waals surface area contributed by atoms with Gasteiger partial charge in [0, 0.05) is 0 Å². The van der Waals surface area contributed by atoms with Gasteiger partial charge in [0.2, 0.25) is 0 Å². The molecule has 6 aromatic carbocycles. The topological polar surface area (TPSA) is 54.0 Å². The number of rotatable bonds is 12. The van der Waals surface area contributed by atoms with Gasteiger partial charge < -0.3 is 9.47 Å². The Hall–Kier alpha value is -4.93. The van der Waals surface area contributed by atoms with Crippen LogP contribution in [0.3, 0.4) is 0 Å². The molecule has 6 heteroatoms. The Kier molecular flexibility index (Phi) is 9.46. The van der Waals surface area contributed by atoms with E-state index in [0.717, 1.165) is 33.4 Å². The number of hydrogen-bond acceptors (Lipinski definition) is 5. The lowest BCUT2D eigenvalue weighted by Gasteiger charge is -2.39. The molecule has 0 fully saturated rings. The van der Waals surface area contributed by atoms with Crippen molar-refractivity contribution in [1.29, 1.82) is 0 Å². The highest BCUT2D eigenvalue weighted by Gasteiger charge is 2.44. The fourth-order valence-corrected chi connectivity index (χ4v) is 7.22. The third kappa shape index (κ3) is 6.01. The molecule has 0 heterocycles. The Morgan fingerprint density at radius 3 is 0.848 bits per heavy atom. The Morgan fingerprint density at radius 1 is 0.370 bits per heavy atom. The van der Waals surface area contributed by atoms with Gasteiger partial charge in [0.1, 0.15) is 11.5 Å². The lowest BCUT2D eigenvalue weighted by molar-refractivity contribution is 0.0829. The summed E-state index contributed by atoms with van der Waals surface area (Å²) in [4.78, 5) is 0. The molecule has 6 rings (SSSR count). The SMILES string of the molecule is COc1ccc(C(O[PH](=O)OC(c2ccccc2)(c2ccccc2)c2ccc(OC)cc2)(c2ccccc2)c2ccccc2)cc1. The average molecular weight is 627 g/mol. The van der Waals surface area contributed by atoms with Crippen LogP contribution in [0.4, 0.5) is 0 Å². The van der Waals surface area contributed by atoms with E-state index in [1.165, 1.54) is 0 Å². The van der Waals surface area contributed by atoms with E-state index in [1.807, 2.05) is 170 Å². The average Bonchev–Trinajstić information content (AvgIpc) is 3.14. The van der Waals surface area contributed by atoms with Crippen LogP contribution in [0.25, 0.3) is 0 Å². The molecule has 0 unspecified atom stereocenters. The maximum absolute atomic E-state index is 14.9. The molecule has 0 radical (unpaired) electrons. The van der Waals surface area contributed by atoms with Crippen molar-refractivity contribution in [2.24, 2.45) is 0 Å². The normalized spacial score (nSPS) is 11.7. The zero-order valence-electron chi connectivity index (χ0n) is 25.7. The molecule has 46 heavy (non-hydrogen) atoms. The van der Waals surface area contributed by atoms with Crippen molar-refractivity contribution in [3.63, 3.8) is 0 Å². The van der Waals surface area contributed by atoms with Crippen LogP contribution in [-0.2, 0) is 24.8 Å². The molecule has 0 aliphatic rings. The van der Waals surface area contributed by atoms with E-state index in [1.54, 1.807) is 14.2 Å². The standard InChI is InChI=1S/C40H35O5P/c1-42-37-27-23-35(24-28-37)39(31-15-7-3-8-16-31,32-17-9-4-10-18-32)44-46(41)45-40(33-19-11-5-12-20-33,34-21-13-6-14-22-34)36-25-29-38(43-2)30-26-36/h3-30,46H,1-2H3. The minimum atomic E-state index is -3.33. The molecule has 0 bridgehead atoms. The van der Waals surface area contributed by atoms with Crippen LogP contribution in [-0.4, -0.2) is 14.2 Å². The minimum Gasteiger partial charge on any atom is -0.497 e. The molecule has 0 aliphatic heterocycles. The first-order chi connectivity index (χ1) is 22.6. The van der Waals surface area contributed by atoms with Crippen molar-refractivity contribution in [1.82, 2.24) is 0 Å². The maximum Gasteiger partial charge on any atom is 0.322 e. The molecule has 0 N–H and O–H groups in total. The first-order valence-corrected chi connectivity index (χ1v) is 16.3. The number of hydrogen-bond donors (Lipinski definition) is 0. The molecule has 230 valence electrons. The maximum atomic E-state index is 14.9. The van der Waals surface area contributed by atoms with Crippen LogP contribution in [0.2, 0.25) is 0 Å². The summed E-state index contributed by atoms with van der Waals surface area (Å²) >= 11 is 0. The summed E-state index contributed by atoms with van der Waals surface area (Å²) in [5.41, 5.74) is 2.24. The second kappa shape index (κ2) is 14.0. The highest BCUT2D eigenvalue weighted by molar-refractivity contribution is 7.33. The van der Waals surface area contributed by atoms with Gasteiger partial charge in [0.15, 0.2) is 11.2 Å². The van der Waals surface area contributed by atoms with Gasteiger partial charge in [-0.3, -0.25) is 13.6 Å². The summed E-state index contributed by atoms with van der Waals surface area (Å²) in [7, 11) is -0.0667. The highest BCUT2D eigenvalue weighted by atomic mass is 31.1. The number of ether oxygens (including phenoxy) is 2. The van der Waals surface area contributed by atoms with Gasteiger partial charge in [0.05, 0.1) is 14.2 Å². The molecule has 0 saturated heterocycles. The Labute approximate surface area is 271 Å². The Balaban J connectivity index is 1.55. The zero-order valence-corrected chi connectivity index (χ0v) is 26.7. The van der Waals surface area contributed by atoms with E-state index in [-0.39, 0.29) is 0 Å². The molecule has 0 amide bonds. The van der Waals surface area contributed by atoms with Crippen LogP contribution in [0.1, 0.15) is 33.4 Å². The molecular formula is C40H35O5P. The minimum absolute atomic E-state index is 0.703. The van der Waals surface area contributed by atoms with Gasteiger partial charge in [-0.05, 0) is 57.6 Å². The van der Waals surface area contributed by atoms with Crippen LogP contribution in [0.5, 0.6) is 11.5 Å². The predicted molar refractivity (Wildman–Crippen MR) is 183 cm³/mol. The van der Waals surface area contributed by atoms with Gasteiger partial charge >= 0.3 is 8.25 Å². The van der Waals surface area contributed by atoms with E-state index < -0.39 is 19.5 Å². The molecule has 5 nitrogen and oxygen atoms in total. The second-order valence-corrected chi connectivity index (χ2v) is 11.6. The van der Waals surface area contributed by atoms with Crippen molar-refractivity contribution < 1.29 is 23.1 Å². The Bertz CT molecular complexity index is 1630. The summed E-state index contributed by atoms with van der Waals surface area (Å²) < 4.78 is 39.6. The number of methoxy groups -OCH3 is 2. The van der Waals surface area contributed by atoms with E-state index in [0.29, 0.717) is 11.5 Å². The predicted octanol–water partition coefficient (Wildman–Crippen LogP) is 9.41. The first kappa shape index (κ1) is 31.1. The lowest BCUT2D eigenvalue weighted by atomic mass is 9.80. The van der Waals surface area contributed by atoms with Gasteiger partial charge in [-0.25, -0.2) is 0 Å². The van der Waals surface area contributed by atoms with Gasteiger partial charge in [-0.2, -0.15) is 0 Å². The molecule has 0 spiro atoms. The van der Waals surface area contributed by atoms with E-state index in [9.17, 15) is 4.57 Å². The van der Waals surface area contributed by atoms with E-state index >= 15 is 0 Å². The van der Waals surface area contributed by atoms with Crippen LogP contribution in [0.15, 0.2) is 170 Å². The van der Waals surface area contributed by atoms with Crippen molar-refractivity contribution in [3.8, 4) is 11.5 Å². The van der Waals surface area contributed by atoms with Gasteiger partial charge in [-0.1, -0.05) is 146 Å². The highest BCUT2D eigenvalue weighted by Crippen LogP contribution is 2.53. The largest absolute Gasteiger partial charge is 0.497 e. The van der Waals surface area contributed by atoms with Crippen molar-refractivity contribution in [2.45, 2.75) is 11.2 Å². The third-order valence-electron chi connectivity index (χ3n) is 8.19. The Morgan fingerprint density at radius 2 is 0.609 bits per heavy atom. The first-order valence-electron chi connectivity index (χ1n) is 15.0. The third-order valence-corrected chi connectivity index (χ3v) is 9.13. The fraction of sp³-hybridized carbons (Fsp3) is 0.100. The summed E-state index contributed by atoms with van der Waals surface area (Å²) in [6.45, 7) is 0. The zero-order chi connectivity index (χ0) is 31.8. The van der Waals surface area contributed by atoms with Gasteiger partial charge in [-0.15, -0.1) is 0 Å². The molecule has 0 atom stereocenters. The van der Waals surface area contributed by atoms with Crippen molar-refractivity contribution in [2.75, 3.05) is 14.2 Å². The smallest absolute Gasteiger partial charge is 0.322 e. The molecular weight excluding hydrogens is 591 g/mol. The van der Waals surface area contributed by atoms with E-state index in [2.05, 4.69) is 0 Å². The summed E-state index contributed by atoms with van der Waals surface area (Å²) in [6.07, 6.45) is 0. The molecule has 0 aromatic heterocycles. The summed E-state index contributed by atoms with van der Waals surface area (Å²) in [6, 6.07) is 54.6. The molecule has 6 aromatic rings. The molecule has 0 aliphatic carbocycles. The lowest BCUT2D eigenvalue weighted by Crippen LogP contribution is -2.34. The monoisotopic (exact) mass is 626 g/mol. The quantitative estimate of drug-likeness (QED) is 0.100. The van der Waals surface area contributed by atoms with Crippen LogP contribution in [0, 0.1) is 0 Å². The number of benzene rings is 6. The van der Waals surface area contributed by atoms with Gasteiger partial charge in [0.25, 0.3) is 0 Å². The second-order valence-electron chi connectivity index (χ2n) is 10.7. The van der Waals surface area contributed by atoms with Crippen LogP contribution < -0.4 is 9.47 Å². The summed E-state index contributed by atoms with van der Waals surface area (Å²) in [5, 5.41) is 0. The molecule has 0 saturated carbocycles.